The maximum atomic E-state index is 12.7. The molecule has 0 spiro atoms. The molecule has 0 atom stereocenters. The first-order chi connectivity index (χ1) is 7.39. The highest BCUT2D eigenvalue weighted by Crippen LogP contribution is 2.39. The Kier molecular flexibility index (Phi) is 2.52. The third kappa shape index (κ3) is 1.84. The van der Waals surface area contributed by atoms with Gasteiger partial charge in [0.25, 0.3) is 0 Å². The first-order valence-corrected chi connectivity index (χ1v) is 5.16. The SMILES string of the molecule is CC(C)c1cnc2c(c1)C(C(F)(F)F)=CC2. The van der Waals surface area contributed by atoms with E-state index >= 15 is 0 Å². The van der Waals surface area contributed by atoms with Crippen molar-refractivity contribution in [2.24, 2.45) is 0 Å². The van der Waals surface area contributed by atoms with Gasteiger partial charge in [0, 0.05) is 18.2 Å². The lowest BCUT2D eigenvalue weighted by Gasteiger charge is -2.12. The van der Waals surface area contributed by atoms with E-state index in [1.54, 1.807) is 12.3 Å². The van der Waals surface area contributed by atoms with Gasteiger partial charge in [0.05, 0.1) is 11.3 Å². The van der Waals surface area contributed by atoms with Gasteiger partial charge >= 0.3 is 6.18 Å². The Hall–Kier alpha value is -1.32. The molecule has 1 aliphatic rings. The summed E-state index contributed by atoms with van der Waals surface area (Å²) in [5, 5.41) is 0. The van der Waals surface area contributed by atoms with Gasteiger partial charge < -0.3 is 0 Å². The average molecular weight is 227 g/mol. The molecule has 1 aliphatic carbocycles. The number of hydrogen-bond donors (Lipinski definition) is 0. The number of rotatable bonds is 1. The Morgan fingerprint density at radius 3 is 2.56 bits per heavy atom. The molecule has 0 fully saturated rings. The predicted octanol–water partition coefficient (Wildman–Crippen LogP) is 3.71. The van der Waals surface area contributed by atoms with Crippen LogP contribution in [-0.4, -0.2) is 11.2 Å². The smallest absolute Gasteiger partial charge is 0.260 e. The number of pyridine rings is 1. The molecule has 2 rings (SSSR count). The van der Waals surface area contributed by atoms with Gasteiger partial charge in [-0.15, -0.1) is 0 Å². The van der Waals surface area contributed by atoms with Crippen LogP contribution in [0.2, 0.25) is 0 Å². The van der Waals surface area contributed by atoms with E-state index in [2.05, 4.69) is 4.98 Å². The summed E-state index contributed by atoms with van der Waals surface area (Å²) in [7, 11) is 0. The fraction of sp³-hybridized carbons (Fsp3) is 0.417. The molecule has 1 heterocycles. The minimum atomic E-state index is -4.28. The maximum absolute atomic E-state index is 12.7. The zero-order valence-corrected chi connectivity index (χ0v) is 9.10. The summed E-state index contributed by atoms with van der Waals surface area (Å²) in [5.41, 5.74) is 1.07. The van der Waals surface area contributed by atoms with E-state index in [-0.39, 0.29) is 17.9 Å². The fourth-order valence-corrected chi connectivity index (χ4v) is 1.80. The van der Waals surface area contributed by atoms with E-state index < -0.39 is 11.7 Å². The van der Waals surface area contributed by atoms with Crippen molar-refractivity contribution in [2.45, 2.75) is 32.4 Å². The van der Waals surface area contributed by atoms with Gasteiger partial charge in [-0.3, -0.25) is 4.98 Å². The predicted molar refractivity (Wildman–Crippen MR) is 56.1 cm³/mol. The molecular formula is C12H12F3N. The van der Waals surface area contributed by atoms with Crippen LogP contribution in [0.5, 0.6) is 0 Å². The van der Waals surface area contributed by atoms with Crippen LogP contribution >= 0.6 is 0 Å². The summed E-state index contributed by atoms with van der Waals surface area (Å²) < 4.78 is 38.0. The number of halogens is 3. The molecule has 0 N–H and O–H groups in total. The highest BCUT2D eigenvalue weighted by Gasteiger charge is 2.38. The standard InChI is InChI=1S/C12H12F3N/c1-7(2)8-5-9-10(12(13,14)15)3-4-11(9)16-6-8/h3,5-7H,4H2,1-2H3. The van der Waals surface area contributed by atoms with Crippen molar-refractivity contribution < 1.29 is 13.2 Å². The Labute approximate surface area is 92.0 Å². The van der Waals surface area contributed by atoms with Crippen molar-refractivity contribution in [3.63, 3.8) is 0 Å². The maximum Gasteiger partial charge on any atom is 0.416 e. The Morgan fingerprint density at radius 1 is 1.31 bits per heavy atom. The van der Waals surface area contributed by atoms with E-state index in [0.29, 0.717) is 5.69 Å². The summed E-state index contributed by atoms with van der Waals surface area (Å²) >= 11 is 0. The van der Waals surface area contributed by atoms with Crippen molar-refractivity contribution in [1.29, 1.82) is 0 Å². The fourth-order valence-electron chi connectivity index (χ4n) is 1.80. The molecule has 0 unspecified atom stereocenters. The first kappa shape index (κ1) is 11.2. The summed E-state index contributed by atoms with van der Waals surface area (Å²) in [6.07, 6.45) is -1.12. The Bertz CT molecular complexity index is 444. The summed E-state index contributed by atoms with van der Waals surface area (Å²) in [4.78, 5) is 4.09. The molecular weight excluding hydrogens is 215 g/mol. The molecule has 86 valence electrons. The van der Waals surface area contributed by atoms with Gasteiger partial charge in [0.15, 0.2) is 0 Å². The number of fused-ring (bicyclic) bond motifs is 1. The van der Waals surface area contributed by atoms with Crippen LogP contribution in [-0.2, 0) is 6.42 Å². The topological polar surface area (TPSA) is 12.9 Å². The first-order valence-electron chi connectivity index (χ1n) is 5.16. The summed E-state index contributed by atoms with van der Waals surface area (Å²) in [5.74, 6) is 0.188. The number of alkyl halides is 3. The molecule has 4 heteroatoms. The van der Waals surface area contributed by atoms with Gasteiger partial charge in [0.1, 0.15) is 0 Å². The van der Waals surface area contributed by atoms with E-state index in [4.69, 9.17) is 0 Å². The molecule has 0 aromatic carbocycles. The van der Waals surface area contributed by atoms with Crippen LogP contribution < -0.4 is 0 Å². The molecule has 0 amide bonds. The minimum absolute atomic E-state index is 0.188. The number of hydrogen-bond acceptors (Lipinski definition) is 1. The van der Waals surface area contributed by atoms with E-state index in [0.717, 1.165) is 5.56 Å². The normalized spacial score (nSPS) is 15.2. The van der Waals surface area contributed by atoms with Crippen molar-refractivity contribution in [3.8, 4) is 0 Å². The highest BCUT2D eigenvalue weighted by molar-refractivity contribution is 5.75. The van der Waals surface area contributed by atoms with Crippen LogP contribution in [0.1, 0.15) is 36.6 Å². The van der Waals surface area contributed by atoms with Crippen molar-refractivity contribution in [1.82, 2.24) is 4.98 Å². The lowest BCUT2D eigenvalue weighted by Crippen LogP contribution is -2.10. The molecule has 0 bridgehead atoms. The molecule has 0 saturated heterocycles. The molecule has 0 aliphatic heterocycles. The molecule has 1 aromatic heterocycles. The Morgan fingerprint density at radius 2 is 2.00 bits per heavy atom. The van der Waals surface area contributed by atoms with Crippen LogP contribution in [0, 0.1) is 0 Å². The van der Waals surface area contributed by atoms with Gasteiger partial charge in [0.2, 0.25) is 0 Å². The van der Waals surface area contributed by atoms with Crippen LogP contribution in [0.15, 0.2) is 18.3 Å². The largest absolute Gasteiger partial charge is 0.416 e. The monoisotopic (exact) mass is 227 g/mol. The molecule has 1 aromatic rings. The minimum Gasteiger partial charge on any atom is -0.260 e. The van der Waals surface area contributed by atoms with E-state index in [1.807, 2.05) is 13.8 Å². The second-order valence-electron chi connectivity index (χ2n) is 4.24. The second kappa shape index (κ2) is 3.61. The average Bonchev–Trinajstić information content (AvgIpc) is 2.58. The van der Waals surface area contributed by atoms with E-state index in [1.165, 1.54) is 6.08 Å². The van der Waals surface area contributed by atoms with Crippen LogP contribution in [0.3, 0.4) is 0 Å². The van der Waals surface area contributed by atoms with E-state index in [9.17, 15) is 13.2 Å². The third-order valence-corrected chi connectivity index (χ3v) is 2.75. The van der Waals surface area contributed by atoms with Crippen LogP contribution in [0.25, 0.3) is 5.57 Å². The van der Waals surface area contributed by atoms with Gasteiger partial charge in [-0.25, -0.2) is 0 Å². The van der Waals surface area contributed by atoms with Gasteiger partial charge in [-0.1, -0.05) is 19.9 Å². The number of nitrogens with zero attached hydrogens (tertiary/aromatic N) is 1. The lowest BCUT2D eigenvalue weighted by molar-refractivity contribution is -0.0687. The van der Waals surface area contributed by atoms with Crippen molar-refractivity contribution in [2.75, 3.05) is 0 Å². The molecule has 1 nitrogen and oxygen atoms in total. The third-order valence-electron chi connectivity index (χ3n) is 2.75. The number of allylic oxidation sites excluding steroid dienone is 2. The zero-order valence-electron chi connectivity index (χ0n) is 9.10. The van der Waals surface area contributed by atoms with Gasteiger partial charge in [-0.05, 0) is 17.5 Å². The van der Waals surface area contributed by atoms with Gasteiger partial charge in [-0.2, -0.15) is 13.2 Å². The molecule has 0 saturated carbocycles. The molecule has 0 radical (unpaired) electrons. The van der Waals surface area contributed by atoms with Crippen molar-refractivity contribution in [3.05, 3.63) is 35.2 Å². The summed E-state index contributed by atoms with van der Waals surface area (Å²) in [6, 6.07) is 1.61. The van der Waals surface area contributed by atoms with Crippen LogP contribution in [0.4, 0.5) is 13.2 Å². The number of aromatic nitrogens is 1. The zero-order chi connectivity index (χ0) is 11.9. The quantitative estimate of drug-likeness (QED) is 0.712. The van der Waals surface area contributed by atoms with Crippen molar-refractivity contribution >= 4 is 5.57 Å². The highest BCUT2D eigenvalue weighted by atomic mass is 19.4. The Balaban J connectivity index is 2.47. The second-order valence-corrected chi connectivity index (χ2v) is 4.24. The lowest BCUT2D eigenvalue weighted by atomic mass is 10.0. The molecule has 16 heavy (non-hydrogen) atoms. The summed E-state index contributed by atoms with van der Waals surface area (Å²) in [6.45, 7) is 3.88.